The Labute approximate surface area is 242 Å². The lowest BCUT2D eigenvalue weighted by Gasteiger charge is -2.20. The first-order chi connectivity index (χ1) is 19.2. The van der Waals surface area contributed by atoms with E-state index in [2.05, 4.69) is 93.8 Å². The van der Waals surface area contributed by atoms with Gasteiger partial charge in [-0.2, -0.15) is 0 Å². The third-order valence-electron chi connectivity index (χ3n) is 7.31. The van der Waals surface area contributed by atoms with Crippen LogP contribution < -0.4 is 0 Å². The van der Waals surface area contributed by atoms with Crippen LogP contribution in [0.3, 0.4) is 0 Å². The van der Waals surface area contributed by atoms with Crippen molar-refractivity contribution in [2.75, 3.05) is 6.54 Å². The molecule has 4 nitrogen and oxygen atoms in total. The fourth-order valence-electron chi connectivity index (χ4n) is 5.07. The molecule has 0 saturated carbocycles. The van der Waals surface area contributed by atoms with Crippen molar-refractivity contribution >= 4 is 34.6 Å². The van der Waals surface area contributed by atoms with Gasteiger partial charge in [0.15, 0.2) is 5.17 Å². The van der Waals surface area contributed by atoms with Gasteiger partial charge in [-0.3, -0.25) is 9.69 Å². The number of hydrogen-bond acceptors (Lipinski definition) is 3. The Bertz CT molecular complexity index is 1540. The second kappa shape index (κ2) is 11.7. The summed E-state index contributed by atoms with van der Waals surface area (Å²) in [6, 6.07) is 31.3. The zero-order chi connectivity index (χ0) is 28.3. The van der Waals surface area contributed by atoms with Crippen molar-refractivity contribution in [1.29, 1.82) is 0 Å². The highest BCUT2D eigenvalue weighted by Crippen LogP contribution is 2.36. The summed E-state index contributed by atoms with van der Waals surface area (Å²) in [6.45, 7) is 11.6. The predicted octanol–water partition coefficient (Wildman–Crippen LogP) is 8.63. The summed E-state index contributed by atoms with van der Waals surface area (Å²) in [5, 5.41) is 0.738. The van der Waals surface area contributed by atoms with E-state index in [4.69, 9.17) is 4.99 Å². The molecule has 0 atom stereocenters. The molecule has 1 aliphatic heterocycles. The summed E-state index contributed by atoms with van der Waals surface area (Å²) in [4.78, 5) is 21.1. The van der Waals surface area contributed by atoms with Crippen LogP contribution in [0.4, 0.5) is 5.69 Å². The van der Waals surface area contributed by atoms with Crippen molar-refractivity contribution in [3.63, 3.8) is 0 Å². The molecule has 1 amide bonds. The molecular formula is C35H37N3OS. The molecule has 3 aromatic carbocycles. The topological polar surface area (TPSA) is 37.6 Å². The molecule has 1 saturated heterocycles. The lowest BCUT2D eigenvalue weighted by molar-refractivity contribution is -0.122. The van der Waals surface area contributed by atoms with Gasteiger partial charge >= 0.3 is 0 Å². The van der Waals surface area contributed by atoms with Crippen LogP contribution >= 0.6 is 11.8 Å². The summed E-state index contributed by atoms with van der Waals surface area (Å²) in [7, 11) is 0. The number of aliphatic imine (C=N–C) groups is 1. The second-order valence-electron chi connectivity index (χ2n) is 11.3. The quantitative estimate of drug-likeness (QED) is 0.217. The van der Waals surface area contributed by atoms with E-state index >= 15 is 0 Å². The van der Waals surface area contributed by atoms with Crippen molar-refractivity contribution in [3.8, 4) is 5.69 Å². The lowest BCUT2D eigenvalue weighted by Crippen LogP contribution is -2.30. The minimum Gasteiger partial charge on any atom is -0.318 e. The Kier molecular flexibility index (Phi) is 8.13. The van der Waals surface area contributed by atoms with Crippen molar-refractivity contribution in [2.24, 2.45) is 4.99 Å². The minimum atomic E-state index is 0.0204. The van der Waals surface area contributed by atoms with E-state index in [1.807, 2.05) is 47.4 Å². The zero-order valence-electron chi connectivity index (χ0n) is 24.0. The third-order valence-corrected chi connectivity index (χ3v) is 8.31. The fraction of sp³-hybridized carbons (Fsp3) is 0.257. The molecule has 1 aromatic heterocycles. The molecule has 0 N–H and O–H groups in total. The van der Waals surface area contributed by atoms with Gasteiger partial charge in [0.25, 0.3) is 5.91 Å². The van der Waals surface area contributed by atoms with Crippen LogP contribution in [0, 0.1) is 13.8 Å². The van der Waals surface area contributed by atoms with Crippen molar-refractivity contribution in [2.45, 2.75) is 52.9 Å². The number of thioether (sulfide) groups is 1. The van der Waals surface area contributed by atoms with Gasteiger partial charge in [0.05, 0.1) is 10.6 Å². The molecule has 0 bridgehead atoms. The maximum absolute atomic E-state index is 13.7. The second-order valence-corrected chi connectivity index (χ2v) is 12.4. The molecular weight excluding hydrogens is 510 g/mol. The number of carbonyl (C=O) groups excluding carboxylic acids is 1. The predicted molar refractivity (Wildman–Crippen MR) is 170 cm³/mol. The largest absolute Gasteiger partial charge is 0.318 e. The highest BCUT2D eigenvalue weighted by molar-refractivity contribution is 8.18. The number of carbonyl (C=O) groups is 1. The summed E-state index contributed by atoms with van der Waals surface area (Å²) >= 11 is 1.47. The van der Waals surface area contributed by atoms with E-state index in [0.717, 1.165) is 46.3 Å². The van der Waals surface area contributed by atoms with Crippen LogP contribution in [0.15, 0.2) is 101 Å². The average molecular weight is 548 g/mol. The number of nitrogens with zero attached hydrogens (tertiary/aromatic N) is 3. The van der Waals surface area contributed by atoms with Gasteiger partial charge < -0.3 is 4.57 Å². The monoisotopic (exact) mass is 547 g/mol. The number of hydrogen-bond donors (Lipinski definition) is 0. The van der Waals surface area contributed by atoms with Crippen molar-refractivity contribution in [1.82, 2.24) is 9.47 Å². The molecule has 4 aromatic rings. The highest BCUT2D eigenvalue weighted by Gasteiger charge is 2.33. The van der Waals surface area contributed by atoms with Crippen molar-refractivity contribution in [3.05, 3.63) is 124 Å². The first-order valence-electron chi connectivity index (χ1n) is 13.9. The van der Waals surface area contributed by atoms with Crippen LogP contribution in [-0.4, -0.2) is 27.1 Å². The van der Waals surface area contributed by atoms with Crippen LogP contribution in [0.1, 0.15) is 55.3 Å². The molecule has 1 fully saturated rings. The maximum Gasteiger partial charge on any atom is 0.266 e. The van der Waals surface area contributed by atoms with Gasteiger partial charge in [-0.1, -0.05) is 81.4 Å². The maximum atomic E-state index is 13.7. The van der Waals surface area contributed by atoms with Gasteiger partial charge in [-0.25, -0.2) is 4.99 Å². The lowest BCUT2D eigenvalue weighted by atomic mass is 9.87. The fourth-order valence-corrected chi connectivity index (χ4v) is 6.09. The number of aryl methyl sites for hydroxylation is 2. The molecule has 2 heterocycles. The van der Waals surface area contributed by atoms with Crippen LogP contribution in [-0.2, 0) is 16.6 Å². The third kappa shape index (κ3) is 6.15. The Hall–Kier alpha value is -3.83. The zero-order valence-corrected chi connectivity index (χ0v) is 24.8. The van der Waals surface area contributed by atoms with E-state index < -0.39 is 0 Å². The van der Waals surface area contributed by atoms with Gasteiger partial charge in [0.2, 0.25) is 0 Å². The average Bonchev–Trinajstić information content (AvgIpc) is 3.38. The smallest absolute Gasteiger partial charge is 0.266 e. The van der Waals surface area contributed by atoms with Gasteiger partial charge in [-0.05, 0) is 97.0 Å². The van der Waals surface area contributed by atoms with Gasteiger partial charge in [-0.15, -0.1) is 0 Å². The SMILES string of the molecule is Cc1cc(/C=C2\SC(=Nc3ccccc3)N(CCCc3ccccc3)C2=O)c(C)n1-c1ccc(C(C)(C)C)cc1. The van der Waals surface area contributed by atoms with E-state index in [1.165, 1.54) is 22.9 Å². The number of aromatic nitrogens is 1. The highest BCUT2D eigenvalue weighted by atomic mass is 32.2. The molecule has 0 aliphatic carbocycles. The van der Waals surface area contributed by atoms with Gasteiger partial charge in [0.1, 0.15) is 0 Å². The van der Waals surface area contributed by atoms with E-state index in [9.17, 15) is 4.79 Å². The first kappa shape index (κ1) is 27.7. The normalized spacial score (nSPS) is 15.9. The van der Waals surface area contributed by atoms with E-state index in [1.54, 1.807) is 0 Å². The number of para-hydroxylation sites is 1. The van der Waals surface area contributed by atoms with Gasteiger partial charge in [0, 0.05) is 23.6 Å². The Morgan fingerprint density at radius 2 is 1.52 bits per heavy atom. The Balaban J connectivity index is 1.43. The number of benzene rings is 3. The van der Waals surface area contributed by atoms with Crippen LogP contribution in [0.2, 0.25) is 0 Å². The number of amides is 1. The number of rotatable bonds is 7. The van der Waals surface area contributed by atoms with Crippen LogP contribution in [0.25, 0.3) is 11.8 Å². The molecule has 5 rings (SSSR count). The Morgan fingerprint density at radius 1 is 0.875 bits per heavy atom. The molecule has 0 unspecified atom stereocenters. The van der Waals surface area contributed by atoms with E-state index in [0.29, 0.717) is 11.4 Å². The molecule has 1 aliphatic rings. The summed E-state index contributed by atoms with van der Waals surface area (Å²) in [6.07, 6.45) is 3.83. The summed E-state index contributed by atoms with van der Waals surface area (Å²) < 4.78 is 2.26. The van der Waals surface area contributed by atoms with E-state index in [-0.39, 0.29) is 11.3 Å². The van der Waals surface area contributed by atoms with Crippen molar-refractivity contribution < 1.29 is 4.79 Å². The first-order valence-corrected chi connectivity index (χ1v) is 14.7. The molecule has 0 spiro atoms. The minimum absolute atomic E-state index is 0.0204. The van der Waals surface area contributed by atoms with Crippen LogP contribution in [0.5, 0.6) is 0 Å². The standard InChI is InChI=1S/C35H37N3OS/c1-25-23-28(26(2)38(25)31-20-18-29(19-21-31)35(3,4)5)24-32-33(39)37(22-12-15-27-13-8-6-9-14-27)34(40-32)36-30-16-10-7-11-17-30/h6-11,13-14,16-21,23-24H,12,15,22H2,1-5H3/b32-24-,36-34?. The Morgan fingerprint density at radius 3 is 2.17 bits per heavy atom. The number of amidine groups is 1. The summed E-state index contributed by atoms with van der Waals surface area (Å²) in [5.41, 5.74) is 8.00. The molecule has 204 valence electrons. The summed E-state index contributed by atoms with van der Waals surface area (Å²) in [5.74, 6) is 0.0204. The molecule has 0 radical (unpaired) electrons. The molecule has 5 heteroatoms. The molecule has 40 heavy (non-hydrogen) atoms.